The highest BCUT2D eigenvalue weighted by Gasteiger charge is 2.18. The molecule has 3 aromatic rings. The van der Waals surface area contributed by atoms with Gasteiger partial charge in [0.1, 0.15) is 11.9 Å². The van der Waals surface area contributed by atoms with Crippen LogP contribution in [0.4, 0.5) is 10.1 Å². The zero-order valence-corrected chi connectivity index (χ0v) is 13.9. The van der Waals surface area contributed by atoms with Crippen LogP contribution in [0.1, 0.15) is 27.6 Å². The molecule has 1 atom stereocenters. The Labute approximate surface area is 149 Å². The Morgan fingerprint density at radius 1 is 1.00 bits per heavy atom. The lowest BCUT2D eigenvalue weighted by molar-refractivity contribution is 0.102. The normalized spacial score (nSPS) is 11.8. The summed E-state index contributed by atoms with van der Waals surface area (Å²) in [5, 5.41) is 13.7. The molecule has 126 valence electrons. The summed E-state index contributed by atoms with van der Waals surface area (Å²) >= 11 is 6.04. The molecular weight excluding hydrogens is 341 g/mol. The van der Waals surface area contributed by atoms with E-state index in [9.17, 15) is 14.3 Å². The standard InChI is InChI=1S/C20H15ClFNO2/c21-14-10-11-18(23-20(25)15-8-4-5-9-17(15)22)16(12-14)19(24)13-6-2-1-3-7-13/h1-12,19,24H,(H,23,25)/t19-/m0/s1. The van der Waals surface area contributed by atoms with Gasteiger partial charge in [0.2, 0.25) is 0 Å². The Bertz CT molecular complexity index is 899. The summed E-state index contributed by atoms with van der Waals surface area (Å²) in [5.74, 6) is -1.21. The lowest BCUT2D eigenvalue weighted by Crippen LogP contribution is -2.16. The van der Waals surface area contributed by atoms with Gasteiger partial charge in [0.05, 0.1) is 5.56 Å². The van der Waals surface area contributed by atoms with Crippen molar-refractivity contribution in [3.05, 3.63) is 100 Å². The minimum Gasteiger partial charge on any atom is -0.384 e. The summed E-state index contributed by atoms with van der Waals surface area (Å²) in [6.07, 6.45) is -0.976. The van der Waals surface area contributed by atoms with Crippen LogP contribution >= 0.6 is 11.6 Å². The number of amides is 1. The van der Waals surface area contributed by atoms with Crippen molar-refractivity contribution < 1.29 is 14.3 Å². The van der Waals surface area contributed by atoms with Gasteiger partial charge in [-0.3, -0.25) is 4.79 Å². The van der Waals surface area contributed by atoms with Crippen LogP contribution in [0.15, 0.2) is 72.8 Å². The molecule has 0 aliphatic heterocycles. The van der Waals surface area contributed by atoms with Crippen molar-refractivity contribution in [2.24, 2.45) is 0 Å². The molecule has 3 nitrogen and oxygen atoms in total. The third-order valence-corrected chi connectivity index (χ3v) is 4.03. The van der Waals surface area contributed by atoms with Crippen LogP contribution in [0, 0.1) is 5.82 Å². The van der Waals surface area contributed by atoms with Gasteiger partial charge in [0, 0.05) is 16.3 Å². The maximum atomic E-state index is 13.8. The van der Waals surface area contributed by atoms with Gasteiger partial charge < -0.3 is 10.4 Å². The van der Waals surface area contributed by atoms with E-state index in [-0.39, 0.29) is 5.56 Å². The molecule has 1 amide bonds. The second-order valence-corrected chi connectivity index (χ2v) is 5.92. The molecule has 0 bridgehead atoms. The Morgan fingerprint density at radius 2 is 1.68 bits per heavy atom. The van der Waals surface area contributed by atoms with Crippen LogP contribution in [0.3, 0.4) is 0 Å². The fraction of sp³-hybridized carbons (Fsp3) is 0.0500. The first-order valence-corrected chi connectivity index (χ1v) is 8.02. The quantitative estimate of drug-likeness (QED) is 0.705. The monoisotopic (exact) mass is 355 g/mol. The van der Waals surface area contributed by atoms with E-state index in [4.69, 9.17) is 11.6 Å². The number of hydrogen-bond donors (Lipinski definition) is 2. The molecule has 2 N–H and O–H groups in total. The number of carbonyl (C=O) groups is 1. The number of benzene rings is 3. The van der Waals surface area contributed by atoms with Gasteiger partial charge in [0.15, 0.2) is 0 Å². The van der Waals surface area contributed by atoms with Gasteiger partial charge in [-0.2, -0.15) is 0 Å². The number of carbonyl (C=O) groups excluding carboxylic acids is 1. The average molecular weight is 356 g/mol. The van der Waals surface area contributed by atoms with E-state index < -0.39 is 17.8 Å². The predicted octanol–water partition coefficient (Wildman–Crippen LogP) is 4.81. The smallest absolute Gasteiger partial charge is 0.258 e. The first-order chi connectivity index (χ1) is 12.1. The first-order valence-electron chi connectivity index (χ1n) is 7.64. The summed E-state index contributed by atoms with van der Waals surface area (Å²) in [5.41, 5.74) is 1.39. The number of nitrogens with one attached hydrogen (secondary N) is 1. The van der Waals surface area contributed by atoms with Crippen LogP contribution in [0.5, 0.6) is 0 Å². The predicted molar refractivity (Wildman–Crippen MR) is 96.3 cm³/mol. The molecule has 0 heterocycles. The van der Waals surface area contributed by atoms with E-state index in [1.165, 1.54) is 18.2 Å². The van der Waals surface area contributed by atoms with Gasteiger partial charge >= 0.3 is 0 Å². The number of halogens is 2. The summed E-state index contributed by atoms with van der Waals surface area (Å²) in [6.45, 7) is 0. The highest BCUT2D eigenvalue weighted by molar-refractivity contribution is 6.30. The minimum atomic E-state index is -0.976. The molecule has 5 heteroatoms. The molecule has 0 fully saturated rings. The molecule has 0 aromatic heterocycles. The van der Waals surface area contributed by atoms with Crippen molar-refractivity contribution in [3.63, 3.8) is 0 Å². The Kier molecular flexibility index (Phi) is 5.12. The fourth-order valence-electron chi connectivity index (χ4n) is 2.52. The van der Waals surface area contributed by atoms with Crippen molar-refractivity contribution in [2.75, 3.05) is 5.32 Å². The van der Waals surface area contributed by atoms with Crippen molar-refractivity contribution in [1.29, 1.82) is 0 Å². The number of anilines is 1. The lowest BCUT2D eigenvalue weighted by atomic mass is 9.99. The van der Waals surface area contributed by atoms with E-state index in [0.717, 1.165) is 0 Å². The van der Waals surface area contributed by atoms with Crippen LogP contribution in [0.2, 0.25) is 5.02 Å². The molecule has 0 spiro atoms. The third-order valence-electron chi connectivity index (χ3n) is 3.79. The second kappa shape index (κ2) is 7.47. The number of rotatable bonds is 4. The molecule has 0 aliphatic carbocycles. The number of aliphatic hydroxyl groups is 1. The molecule has 3 rings (SSSR count). The Hall–Kier alpha value is -2.69. The topological polar surface area (TPSA) is 49.3 Å². The second-order valence-electron chi connectivity index (χ2n) is 5.48. The van der Waals surface area contributed by atoms with E-state index in [2.05, 4.69) is 5.32 Å². The summed E-state index contributed by atoms with van der Waals surface area (Å²) in [7, 11) is 0. The maximum Gasteiger partial charge on any atom is 0.258 e. The zero-order valence-electron chi connectivity index (χ0n) is 13.1. The molecule has 0 saturated heterocycles. The number of hydrogen-bond acceptors (Lipinski definition) is 2. The lowest BCUT2D eigenvalue weighted by Gasteiger charge is -2.17. The van der Waals surface area contributed by atoms with Crippen LogP contribution < -0.4 is 5.32 Å². The van der Waals surface area contributed by atoms with Crippen molar-refractivity contribution >= 4 is 23.2 Å². The van der Waals surface area contributed by atoms with E-state index in [1.807, 2.05) is 6.07 Å². The van der Waals surface area contributed by atoms with Gasteiger partial charge in [-0.1, -0.05) is 54.1 Å². The van der Waals surface area contributed by atoms with E-state index in [1.54, 1.807) is 48.5 Å². The maximum absolute atomic E-state index is 13.8. The van der Waals surface area contributed by atoms with Gasteiger partial charge in [-0.15, -0.1) is 0 Å². The molecule has 0 unspecified atom stereocenters. The molecule has 0 saturated carbocycles. The highest BCUT2D eigenvalue weighted by atomic mass is 35.5. The Balaban J connectivity index is 1.95. The van der Waals surface area contributed by atoms with Crippen LogP contribution in [-0.4, -0.2) is 11.0 Å². The highest BCUT2D eigenvalue weighted by Crippen LogP contribution is 2.31. The largest absolute Gasteiger partial charge is 0.384 e. The summed E-state index contributed by atoms with van der Waals surface area (Å²) in [4.78, 5) is 12.4. The van der Waals surface area contributed by atoms with Crippen LogP contribution in [0.25, 0.3) is 0 Å². The Morgan fingerprint density at radius 3 is 2.40 bits per heavy atom. The van der Waals surface area contributed by atoms with Crippen molar-refractivity contribution in [2.45, 2.75) is 6.10 Å². The zero-order chi connectivity index (χ0) is 17.8. The molecular formula is C20H15ClFNO2. The molecule has 3 aromatic carbocycles. The first kappa shape index (κ1) is 17.1. The molecule has 0 aliphatic rings. The van der Waals surface area contributed by atoms with Crippen molar-refractivity contribution in [3.8, 4) is 0 Å². The molecule has 25 heavy (non-hydrogen) atoms. The van der Waals surface area contributed by atoms with Gasteiger partial charge in [-0.25, -0.2) is 4.39 Å². The third kappa shape index (κ3) is 3.87. The van der Waals surface area contributed by atoms with Gasteiger partial charge in [-0.05, 0) is 35.9 Å². The van der Waals surface area contributed by atoms with E-state index >= 15 is 0 Å². The van der Waals surface area contributed by atoms with E-state index in [0.29, 0.717) is 21.8 Å². The van der Waals surface area contributed by atoms with Crippen molar-refractivity contribution in [1.82, 2.24) is 0 Å². The van der Waals surface area contributed by atoms with Gasteiger partial charge in [0.25, 0.3) is 5.91 Å². The summed E-state index contributed by atoms with van der Waals surface area (Å²) in [6, 6.07) is 19.5. The van der Waals surface area contributed by atoms with Crippen LogP contribution in [-0.2, 0) is 0 Å². The molecule has 0 radical (unpaired) electrons. The average Bonchev–Trinajstić information content (AvgIpc) is 2.63. The summed E-state index contributed by atoms with van der Waals surface area (Å²) < 4.78 is 13.8. The fourth-order valence-corrected chi connectivity index (χ4v) is 2.70. The SMILES string of the molecule is O=C(Nc1ccc(Cl)cc1[C@@H](O)c1ccccc1)c1ccccc1F. The minimum absolute atomic E-state index is 0.0717. The number of aliphatic hydroxyl groups excluding tert-OH is 1.